The van der Waals surface area contributed by atoms with Gasteiger partial charge < -0.3 is 14.2 Å². The Kier molecular flexibility index (Phi) is 4.61. The maximum atomic E-state index is 12.1. The molecule has 0 aromatic heterocycles. The molecule has 0 bridgehead atoms. The summed E-state index contributed by atoms with van der Waals surface area (Å²) in [4.78, 5) is 24.3. The van der Waals surface area contributed by atoms with Gasteiger partial charge in [0, 0.05) is 5.56 Å². The van der Waals surface area contributed by atoms with Crippen LogP contribution in [0.4, 0.5) is 0 Å². The van der Waals surface area contributed by atoms with Crippen LogP contribution >= 0.6 is 0 Å². The fraction of sp³-hybridized carbons (Fsp3) is 0.158. The summed E-state index contributed by atoms with van der Waals surface area (Å²) in [6.45, 7) is 2.47. The van der Waals surface area contributed by atoms with Gasteiger partial charge in [0.2, 0.25) is 0 Å². The van der Waals surface area contributed by atoms with Crippen molar-refractivity contribution < 1.29 is 23.8 Å². The van der Waals surface area contributed by atoms with E-state index in [9.17, 15) is 9.59 Å². The summed E-state index contributed by atoms with van der Waals surface area (Å²) < 4.78 is 15.8. The van der Waals surface area contributed by atoms with Gasteiger partial charge in [0.05, 0.1) is 6.61 Å². The summed E-state index contributed by atoms with van der Waals surface area (Å²) in [6.07, 6.45) is 0.436. The Labute approximate surface area is 139 Å². The van der Waals surface area contributed by atoms with Gasteiger partial charge >= 0.3 is 11.9 Å². The second kappa shape index (κ2) is 7.00. The predicted octanol–water partition coefficient (Wildman–Crippen LogP) is 3.27. The lowest BCUT2D eigenvalue weighted by atomic mass is 10.1. The normalized spacial score (nSPS) is 17.0. The van der Waals surface area contributed by atoms with Crippen molar-refractivity contribution in [2.75, 3.05) is 6.61 Å². The Bertz CT molecular complexity index is 742. The van der Waals surface area contributed by atoms with E-state index < -0.39 is 18.2 Å². The third-order valence-electron chi connectivity index (χ3n) is 3.44. The van der Waals surface area contributed by atoms with E-state index in [4.69, 9.17) is 14.2 Å². The van der Waals surface area contributed by atoms with Gasteiger partial charge in [0.15, 0.2) is 0 Å². The van der Waals surface area contributed by atoms with Crippen molar-refractivity contribution in [2.45, 2.75) is 13.2 Å². The lowest BCUT2D eigenvalue weighted by Crippen LogP contribution is -2.29. The molecule has 1 aliphatic rings. The molecule has 1 heterocycles. The minimum Gasteiger partial charge on any atom is -0.494 e. The standard InChI is InChI=1S/C19H16O5/c1-2-22-15-10-8-13(9-11-15)12-16-17(20)23-19(24-18(16)21)14-6-4-3-5-7-14/h3-12,19H,2H2,1H3. The molecule has 0 N–H and O–H groups in total. The molecule has 2 aromatic carbocycles. The highest BCUT2D eigenvalue weighted by Crippen LogP contribution is 2.27. The molecule has 5 heteroatoms. The molecule has 0 amide bonds. The number of carbonyl (C=O) groups excluding carboxylic acids is 2. The molecule has 122 valence electrons. The number of esters is 2. The highest BCUT2D eigenvalue weighted by atomic mass is 16.7. The summed E-state index contributed by atoms with van der Waals surface area (Å²) in [5.41, 5.74) is 1.16. The van der Waals surface area contributed by atoms with E-state index in [1.807, 2.05) is 13.0 Å². The zero-order chi connectivity index (χ0) is 16.9. The van der Waals surface area contributed by atoms with Crippen LogP contribution in [0.15, 0.2) is 60.2 Å². The van der Waals surface area contributed by atoms with E-state index in [0.29, 0.717) is 17.7 Å². The van der Waals surface area contributed by atoms with Gasteiger partial charge in [-0.1, -0.05) is 42.5 Å². The van der Waals surface area contributed by atoms with Crippen LogP contribution < -0.4 is 4.74 Å². The second-order valence-electron chi connectivity index (χ2n) is 5.11. The number of benzene rings is 2. The molecule has 3 rings (SSSR count). The Morgan fingerprint density at radius 3 is 2.17 bits per heavy atom. The zero-order valence-corrected chi connectivity index (χ0v) is 13.1. The Balaban J connectivity index is 1.78. The van der Waals surface area contributed by atoms with Crippen LogP contribution in [0.2, 0.25) is 0 Å². The summed E-state index contributed by atoms with van der Waals surface area (Å²) in [5.74, 6) is -0.680. The van der Waals surface area contributed by atoms with Crippen LogP contribution in [0, 0.1) is 0 Å². The van der Waals surface area contributed by atoms with Crippen LogP contribution in [0.25, 0.3) is 6.08 Å². The molecule has 0 radical (unpaired) electrons. The first-order valence-corrected chi connectivity index (χ1v) is 7.59. The molecule has 0 saturated carbocycles. The van der Waals surface area contributed by atoms with Crippen molar-refractivity contribution in [3.05, 3.63) is 71.3 Å². The van der Waals surface area contributed by atoms with Gasteiger partial charge in [-0.25, -0.2) is 9.59 Å². The molecule has 0 atom stereocenters. The second-order valence-corrected chi connectivity index (χ2v) is 5.11. The summed E-state index contributed by atoms with van der Waals surface area (Å²) in [7, 11) is 0. The van der Waals surface area contributed by atoms with Crippen LogP contribution in [0.5, 0.6) is 5.75 Å². The molecule has 1 saturated heterocycles. The number of carbonyl (C=O) groups is 2. The van der Waals surface area contributed by atoms with E-state index in [1.54, 1.807) is 48.5 Å². The topological polar surface area (TPSA) is 61.8 Å². The molecule has 2 aromatic rings. The molecule has 0 unspecified atom stereocenters. The molecule has 5 nitrogen and oxygen atoms in total. The predicted molar refractivity (Wildman–Crippen MR) is 87.0 cm³/mol. The van der Waals surface area contributed by atoms with E-state index in [0.717, 1.165) is 5.75 Å². The fourth-order valence-corrected chi connectivity index (χ4v) is 2.29. The molecular weight excluding hydrogens is 308 g/mol. The molecule has 0 spiro atoms. The molecular formula is C19H16O5. The van der Waals surface area contributed by atoms with Crippen molar-refractivity contribution in [1.82, 2.24) is 0 Å². The maximum absolute atomic E-state index is 12.1. The first-order chi connectivity index (χ1) is 11.7. The van der Waals surface area contributed by atoms with Crippen LogP contribution in [-0.4, -0.2) is 18.5 Å². The third-order valence-corrected chi connectivity index (χ3v) is 3.44. The van der Waals surface area contributed by atoms with Crippen LogP contribution in [-0.2, 0) is 19.1 Å². The first-order valence-electron chi connectivity index (χ1n) is 7.59. The minimum atomic E-state index is -1.01. The van der Waals surface area contributed by atoms with E-state index in [1.165, 1.54) is 6.08 Å². The highest BCUT2D eigenvalue weighted by Gasteiger charge is 2.34. The highest BCUT2D eigenvalue weighted by molar-refractivity contribution is 6.18. The first kappa shape index (κ1) is 15.8. The van der Waals surface area contributed by atoms with Crippen molar-refractivity contribution in [1.29, 1.82) is 0 Å². The van der Waals surface area contributed by atoms with Gasteiger partial charge in [-0.2, -0.15) is 0 Å². The summed E-state index contributed by atoms with van der Waals surface area (Å²) in [5, 5.41) is 0. The SMILES string of the molecule is CCOc1ccc(C=C2C(=O)OC(c3ccccc3)OC2=O)cc1. The lowest BCUT2D eigenvalue weighted by Gasteiger charge is -2.23. The van der Waals surface area contributed by atoms with E-state index in [2.05, 4.69) is 0 Å². The summed E-state index contributed by atoms with van der Waals surface area (Å²) in [6, 6.07) is 15.9. The molecule has 1 aliphatic heterocycles. The maximum Gasteiger partial charge on any atom is 0.348 e. The van der Waals surface area contributed by atoms with Gasteiger partial charge in [-0.3, -0.25) is 0 Å². The van der Waals surface area contributed by atoms with Crippen molar-refractivity contribution in [3.8, 4) is 5.75 Å². The minimum absolute atomic E-state index is 0.133. The lowest BCUT2D eigenvalue weighted by molar-refractivity contribution is -0.195. The van der Waals surface area contributed by atoms with Gasteiger partial charge in [0.1, 0.15) is 11.3 Å². The Morgan fingerprint density at radius 1 is 0.958 bits per heavy atom. The summed E-state index contributed by atoms with van der Waals surface area (Å²) >= 11 is 0. The molecule has 24 heavy (non-hydrogen) atoms. The number of cyclic esters (lactones) is 2. The fourth-order valence-electron chi connectivity index (χ4n) is 2.29. The Morgan fingerprint density at radius 2 is 1.58 bits per heavy atom. The molecule has 0 aliphatic carbocycles. The number of hydrogen-bond acceptors (Lipinski definition) is 5. The number of hydrogen-bond donors (Lipinski definition) is 0. The largest absolute Gasteiger partial charge is 0.494 e. The van der Waals surface area contributed by atoms with Crippen LogP contribution in [0.3, 0.4) is 0 Å². The van der Waals surface area contributed by atoms with E-state index >= 15 is 0 Å². The van der Waals surface area contributed by atoms with Crippen molar-refractivity contribution in [3.63, 3.8) is 0 Å². The van der Waals surface area contributed by atoms with Gasteiger partial charge in [-0.05, 0) is 30.7 Å². The quantitative estimate of drug-likeness (QED) is 0.491. The third kappa shape index (κ3) is 3.46. The van der Waals surface area contributed by atoms with Crippen molar-refractivity contribution in [2.24, 2.45) is 0 Å². The Hall–Kier alpha value is -3.08. The van der Waals surface area contributed by atoms with E-state index in [-0.39, 0.29) is 5.57 Å². The zero-order valence-electron chi connectivity index (χ0n) is 13.1. The van der Waals surface area contributed by atoms with Gasteiger partial charge in [-0.15, -0.1) is 0 Å². The van der Waals surface area contributed by atoms with Gasteiger partial charge in [0.25, 0.3) is 6.29 Å². The average molecular weight is 324 g/mol. The number of ether oxygens (including phenoxy) is 3. The number of rotatable bonds is 4. The average Bonchev–Trinajstić information content (AvgIpc) is 2.60. The molecule has 1 fully saturated rings. The monoisotopic (exact) mass is 324 g/mol. The van der Waals surface area contributed by atoms with Crippen molar-refractivity contribution >= 4 is 18.0 Å². The van der Waals surface area contributed by atoms with Crippen LogP contribution in [0.1, 0.15) is 24.3 Å². The smallest absolute Gasteiger partial charge is 0.348 e.